The first-order valence-corrected chi connectivity index (χ1v) is 8.51. The highest BCUT2D eigenvalue weighted by molar-refractivity contribution is 5.94. The second kappa shape index (κ2) is 10.2. The Morgan fingerprint density at radius 1 is 1.24 bits per heavy atom. The van der Waals surface area contributed by atoms with E-state index in [-0.39, 0.29) is 18.3 Å². The van der Waals surface area contributed by atoms with Crippen molar-refractivity contribution >= 4 is 18.3 Å². The van der Waals surface area contributed by atoms with Crippen LogP contribution in [0.4, 0.5) is 0 Å². The first-order chi connectivity index (χ1) is 11.8. The van der Waals surface area contributed by atoms with Crippen molar-refractivity contribution in [2.75, 3.05) is 26.3 Å². The molecular formula is C18H25ClN4O2. The van der Waals surface area contributed by atoms with Gasteiger partial charge in [0.2, 0.25) is 0 Å². The van der Waals surface area contributed by atoms with Gasteiger partial charge in [0.05, 0.1) is 6.61 Å². The van der Waals surface area contributed by atoms with Crippen molar-refractivity contribution < 1.29 is 9.53 Å². The van der Waals surface area contributed by atoms with Crippen LogP contribution in [0.5, 0.6) is 0 Å². The summed E-state index contributed by atoms with van der Waals surface area (Å²) in [5.74, 6) is -0.111. The topological polar surface area (TPSA) is 79.0 Å². The van der Waals surface area contributed by atoms with Crippen LogP contribution in [-0.2, 0) is 24.1 Å². The number of carbonyl (C=O) groups is 1. The first kappa shape index (κ1) is 19.4. The number of carbonyl (C=O) groups excluding carboxylic acids is 1. The van der Waals surface area contributed by atoms with Gasteiger partial charge in [-0.25, -0.2) is 0 Å². The van der Waals surface area contributed by atoms with Gasteiger partial charge in [0.15, 0.2) is 5.69 Å². The van der Waals surface area contributed by atoms with E-state index in [1.54, 1.807) is 0 Å². The van der Waals surface area contributed by atoms with E-state index in [1.165, 1.54) is 5.56 Å². The van der Waals surface area contributed by atoms with Crippen molar-refractivity contribution in [1.29, 1.82) is 0 Å². The molecule has 0 aliphatic carbocycles. The Bertz CT molecular complexity index is 660. The Labute approximate surface area is 154 Å². The second-order valence-electron chi connectivity index (χ2n) is 5.91. The Kier molecular flexibility index (Phi) is 7.91. The second-order valence-corrected chi connectivity index (χ2v) is 5.91. The number of benzene rings is 1. The van der Waals surface area contributed by atoms with Crippen molar-refractivity contribution in [3.63, 3.8) is 0 Å². The molecule has 6 nitrogen and oxygen atoms in total. The molecule has 1 aliphatic rings. The maximum Gasteiger partial charge on any atom is 0.272 e. The number of aromatic amines is 1. The lowest BCUT2D eigenvalue weighted by molar-refractivity contribution is 0.0936. The summed E-state index contributed by atoms with van der Waals surface area (Å²) < 4.78 is 5.62. The van der Waals surface area contributed by atoms with E-state index >= 15 is 0 Å². The molecule has 1 aromatic carbocycles. The van der Waals surface area contributed by atoms with E-state index in [0.29, 0.717) is 32.0 Å². The zero-order chi connectivity index (χ0) is 16.6. The van der Waals surface area contributed by atoms with Gasteiger partial charge in [0, 0.05) is 43.9 Å². The number of rotatable bonds is 8. The van der Waals surface area contributed by atoms with E-state index in [1.807, 2.05) is 18.2 Å². The molecule has 0 saturated carbocycles. The fraction of sp³-hybridized carbons (Fsp3) is 0.444. The van der Waals surface area contributed by atoms with Gasteiger partial charge in [0.1, 0.15) is 0 Å². The Morgan fingerprint density at radius 3 is 2.92 bits per heavy atom. The molecule has 1 amide bonds. The highest BCUT2D eigenvalue weighted by Gasteiger charge is 2.20. The number of halogens is 1. The molecule has 2 aromatic rings. The third-order valence-electron chi connectivity index (χ3n) is 4.15. The fourth-order valence-electron chi connectivity index (χ4n) is 2.81. The van der Waals surface area contributed by atoms with Gasteiger partial charge in [-0.05, 0) is 18.4 Å². The van der Waals surface area contributed by atoms with Crippen LogP contribution in [0.25, 0.3) is 0 Å². The highest BCUT2D eigenvalue weighted by Crippen LogP contribution is 2.14. The zero-order valence-corrected chi connectivity index (χ0v) is 15.0. The molecule has 2 heterocycles. The normalized spacial score (nSPS) is 13.0. The predicted molar refractivity (Wildman–Crippen MR) is 99.2 cm³/mol. The van der Waals surface area contributed by atoms with Crippen LogP contribution < -0.4 is 10.6 Å². The molecule has 0 bridgehead atoms. The van der Waals surface area contributed by atoms with Gasteiger partial charge in [0.25, 0.3) is 5.91 Å². The van der Waals surface area contributed by atoms with Crippen molar-refractivity contribution in [2.24, 2.45) is 0 Å². The molecule has 0 atom stereocenters. The van der Waals surface area contributed by atoms with Crippen LogP contribution in [0.15, 0.2) is 30.3 Å². The van der Waals surface area contributed by atoms with E-state index in [4.69, 9.17) is 4.74 Å². The third-order valence-corrected chi connectivity index (χ3v) is 4.15. The molecule has 7 heteroatoms. The standard InChI is InChI=1S/C18H24N4O2.ClH/c23-18(17-15-13-19-10-7-16(15)21-22-17)20-9-4-11-24-12-8-14-5-2-1-3-6-14;/h1-3,5-6,19H,4,7-13H2,(H,20,23)(H,21,22);1H. The maximum atomic E-state index is 12.2. The molecular weight excluding hydrogens is 340 g/mol. The summed E-state index contributed by atoms with van der Waals surface area (Å²) in [6.07, 6.45) is 2.61. The number of hydrogen-bond acceptors (Lipinski definition) is 4. The van der Waals surface area contributed by atoms with Gasteiger partial charge < -0.3 is 15.4 Å². The molecule has 0 unspecified atom stereocenters. The van der Waals surface area contributed by atoms with Crippen molar-refractivity contribution in [3.05, 3.63) is 52.8 Å². The summed E-state index contributed by atoms with van der Waals surface area (Å²) in [7, 11) is 0. The number of H-pyrrole nitrogens is 1. The van der Waals surface area contributed by atoms with Gasteiger partial charge in [-0.3, -0.25) is 9.89 Å². The van der Waals surface area contributed by atoms with E-state index in [2.05, 4.69) is 33.0 Å². The first-order valence-electron chi connectivity index (χ1n) is 8.51. The van der Waals surface area contributed by atoms with Crippen LogP contribution in [-0.4, -0.2) is 42.4 Å². The van der Waals surface area contributed by atoms with E-state index in [0.717, 1.165) is 37.1 Å². The number of amides is 1. The van der Waals surface area contributed by atoms with Gasteiger partial charge in [-0.1, -0.05) is 30.3 Å². The SMILES string of the molecule is Cl.O=C(NCCCOCCc1ccccc1)c1n[nH]c2c1CNCC2. The third kappa shape index (κ3) is 5.56. The van der Waals surface area contributed by atoms with Crippen LogP contribution in [0.1, 0.15) is 33.7 Å². The molecule has 3 N–H and O–H groups in total. The van der Waals surface area contributed by atoms with Gasteiger partial charge in [-0.2, -0.15) is 5.10 Å². The van der Waals surface area contributed by atoms with Crippen molar-refractivity contribution in [2.45, 2.75) is 25.8 Å². The van der Waals surface area contributed by atoms with Crippen LogP contribution >= 0.6 is 12.4 Å². The molecule has 1 aliphatic heterocycles. The lowest BCUT2D eigenvalue weighted by Crippen LogP contribution is -2.29. The lowest BCUT2D eigenvalue weighted by atomic mass is 10.1. The Hall–Kier alpha value is -1.89. The average molecular weight is 365 g/mol. The molecule has 0 spiro atoms. The Morgan fingerprint density at radius 2 is 2.08 bits per heavy atom. The molecule has 1 aromatic heterocycles. The predicted octanol–water partition coefficient (Wildman–Crippen LogP) is 1.86. The molecule has 136 valence electrons. The summed E-state index contributed by atoms with van der Waals surface area (Å²) in [5, 5.41) is 13.3. The highest BCUT2D eigenvalue weighted by atomic mass is 35.5. The van der Waals surface area contributed by atoms with E-state index < -0.39 is 0 Å². The minimum absolute atomic E-state index is 0. The van der Waals surface area contributed by atoms with Gasteiger partial charge in [-0.15, -0.1) is 12.4 Å². The summed E-state index contributed by atoms with van der Waals surface area (Å²) >= 11 is 0. The van der Waals surface area contributed by atoms with Crippen molar-refractivity contribution in [1.82, 2.24) is 20.8 Å². The molecule has 3 rings (SSSR count). The van der Waals surface area contributed by atoms with Crippen LogP contribution in [0.3, 0.4) is 0 Å². The lowest BCUT2D eigenvalue weighted by Gasteiger charge is -2.12. The summed E-state index contributed by atoms with van der Waals surface area (Å²) in [5.41, 5.74) is 3.87. The summed E-state index contributed by atoms with van der Waals surface area (Å²) in [4.78, 5) is 12.2. The monoisotopic (exact) mass is 364 g/mol. The van der Waals surface area contributed by atoms with Crippen molar-refractivity contribution in [3.8, 4) is 0 Å². The quantitative estimate of drug-likeness (QED) is 0.625. The number of ether oxygens (including phenoxy) is 1. The average Bonchev–Trinajstić information content (AvgIpc) is 3.06. The number of nitrogens with zero attached hydrogens (tertiary/aromatic N) is 1. The molecule has 0 saturated heterocycles. The summed E-state index contributed by atoms with van der Waals surface area (Å²) in [6.45, 7) is 3.58. The number of nitrogens with one attached hydrogen (secondary N) is 3. The number of hydrogen-bond donors (Lipinski definition) is 3. The minimum Gasteiger partial charge on any atom is -0.381 e. The Balaban J connectivity index is 0.00000225. The maximum absolute atomic E-state index is 12.2. The largest absolute Gasteiger partial charge is 0.381 e. The molecule has 0 radical (unpaired) electrons. The fourth-order valence-corrected chi connectivity index (χ4v) is 2.81. The van der Waals surface area contributed by atoms with E-state index in [9.17, 15) is 4.79 Å². The van der Waals surface area contributed by atoms with Crippen LogP contribution in [0.2, 0.25) is 0 Å². The smallest absolute Gasteiger partial charge is 0.272 e. The number of aromatic nitrogens is 2. The minimum atomic E-state index is -0.111. The molecule has 0 fully saturated rings. The zero-order valence-electron chi connectivity index (χ0n) is 14.2. The number of fused-ring (bicyclic) bond motifs is 1. The van der Waals surface area contributed by atoms with Gasteiger partial charge >= 0.3 is 0 Å². The summed E-state index contributed by atoms with van der Waals surface area (Å²) in [6, 6.07) is 10.3. The molecule has 25 heavy (non-hydrogen) atoms. The van der Waals surface area contributed by atoms with Crippen LogP contribution in [0, 0.1) is 0 Å².